The van der Waals surface area contributed by atoms with Crippen molar-refractivity contribution in [2.75, 3.05) is 5.32 Å². The SMILES string of the molecule is CCCCCCC(C)Nc1cccnc1C#N. The molecule has 1 N–H and O–H groups in total. The molecule has 1 atom stereocenters. The first-order valence-electron chi connectivity index (χ1n) is 6.39. The fourth-order valence-electron chi connectivity index (χ4n) is 1.83. The van der Waals surface area contributed by atoms with Crippen molar-refractivity contribution in [1.29, 1.82) is 5.26 Å². The highest BCUT2D eigenvalue weighted by Crippen LogP contribution is 2.14. The van der Waals surface area contributed by atoms with Crippen LogP contribution in [0.2, 0.25) is 0 Å². The lowest BCUT2D eigenvalue weighted by atomic mass is 10.1. The van der Waals surface area contributed by atoms with Gasteiger partial charge >= 0.3 is 0 Å². The van der Waals surface area contributed by atoms with Gasteiger partial charge in [-0.25, -0.2) is 4.98 Å². The van der Waals surface area contributed by atoms with Crippen LogP contribution in [0, 0.1) is 11.3 Å². The number of unbranched alkanes of at least 4 members (excludes halogenated alkanes) is 3. The Morgan fingerprint density at radius 2 is 2.24 bits per heavy atom. The molecular weight excluding hydrogens is 210 g/mol. The van der Waals surface area contributed by atoms with Crippen LogP contribution < -0.4 is 5.32 Å². The van der Waals surface area contributed by atoms with Gasteiger partial charge in [0.2, 0.25) is 0 Å². The summed E-state index contributed by atoms with van der Waals surface area (Å²) >= 11 is 0. The molecule has 0 aliphatic rings. The smallest absolute Gasteiger partial charge is 0.163 e. The zero-order valence-corrected chi connectivity index (χ0v) is 10.7. The Morgan fingerprint density at radius 3 is 2.94 bits per heavy atom. The molecule has 1 aromatic heterocycles. The largest absolute Gasteiger partial charge is 0.380 e. The molecule has 17 heavy (non-hydrogen) atoms. The molecule has 0 fully saturated rings. The fourth-order valence-corrected chi connectivity index (χ4v) is 1.83. The zero-order valence-electron chi connectivity index (χ0n) is 10.7. The average molecular weight is 231 g/mol. The Bertz CT molecular complexity index is 368. The van der Waals surface area contributed by atoms with Crippen LogP contribution in [0.4, 0.5) is 5.69 Å². The number of anilines is 1. The number of nitrogens with one attached hydrogen (secondary N) is 1. The topological polar surface area (TPSA) is 48.7 Å². The van der Waals surface area contributed by atoms with Crippen LogP contribution in [0.15, 0.2) is 18.3 Å². The molecule has 0 aliphatic heterocycles. The van der Waals surface area contributed by atoms with Gasteiger partial charge in [-0.15, -0.1) is 0 Å². The molecule has 0 saturated carbocycles. The molecule has 1 heterocycles. The Balaban J connectivity index is 2.40. The van der Waals surface area contributed by atoms with Gasteiger partial charge in [0.05, 0.1) is 5.69 Å². The van der Waals surface area contributed by atoms with Crippen LogP contribution in [0.5, 0.6) is 0 Å². The Hall–Kier alpha value is -1.56. The normalized spacial score (nSPS) is 11.8. The molecule has 0 saturated heterocycles. The predicted octanol–water partition coefficient (Wildman–Crippen LogP) is 3.72. The van der Waals surface area contributed by atoms with Crippen LogP contribution in [0.3, 0.4) is 0 Å². The minimum absolute atomic E-state index is 0.392. The summed E-state index contributed by atoms with van der Waals surface area (Å²) < 4.78 is 0. The monoisotopic (exact) mass is 231 g/mol. The molecule has 1 aromatic rings. The second-order valence-electron chi connectivity index (χ2n) is 4.41. The van der Waals surface area contributed by atoms with Gasteiger partial charge in [-0.2, -0.15) is 5.26 Å². The number of rotatable bonds is 7. The number of hydrogen-bond donors (Lipinski definition) is 1. The van der Waals surface area contributed by atoms with Gasteiger partial charge in [0.1, 0.15) is 6.07 Å². The van der Waals surface area contributed by atoms with Crippen molar-refractivity contribution in [2.24, 2.45) is 0 Å². The number of nitriles is 1. The molecule has 0 spiro atoms. The molecule has 0 bridgehead atoms. The predicted molar refractivity (Wildman–Crippen MR) is 70.8 cm³/mol. The van der Waals surface area contributed by atoms with E-state index in [0.717, 1.165) is 12.1 Å². The summed E-state index contributed by atoms with van der Waals surface area (Å²) in [5.74, 6) is 0. The van der Waals surface area contributed by atoms with Crippen LogP contribution in [0.25, 0.3) is 0 Å². The number of nitrogens with zero attached hydrogens (tertiary/aromatic N) is 2. The summed E-state index contributed by atoms with van der Waals surface area (Å²) in [6.45, 7) is 4.37. The average Bonchev–Trinajstić information content (AvgIpc) is 2.35. The molecule has 3 nitrogen and oxygen atoms in total. The van der Waals surface area contributed by atoms with Crippen molar-refractivity contribution in [1.82, 2.24) is 4.98 Å². The molecule has 0 aromatic carbocycles. The van der Waals surface area contributed by atoms with Crippen molar-refractivity contribution < 1.29 is 0 Å². The summed E-state index contributed by atoms with van der Waals surface area (Å²) in [4.78, 5) is 4.04. The van der Waals surface area contributed by atoms with E-state index in [1.165, 1.54) is 25.7 Å². The van der Waals surface area contributed by atoms with E-state index >= 15 is 0 Å². The van der Waals surface area contributed by atoms with E-state index in [-0.39, 0.29) is 0 Å². The molecule has 0 aliphatic carbocycles. The van der Waals surface area contributed by atoms with Gasteiger partial charge in [-0.1, -0.05) is 32.6 Å². The lowest BCUT2D eigenvalue weighted by Gasteiger charge is -2.15. The molecule has 1 rings (SSSR count). The van der Waals surface area contributed by atoms with Crippen molar-refractivity contribution in [3.8, 4) is 6.07 Å². The number of aromatic nitrogens is 1. The van der Waals surface area contributed by atoms with Crippen LogP contribution >= 0.6 is 0 Å². The van der Waals surface area contributed by atoms with Gasteiger partial charge in [-0.3, -0.25) is 0 Å². The third-order valence-electron chi connectivity index (χ3n) is 2.81. The lowest BCUT2D eigenvalue weighted by molar-refractivity contribution is 0.594. The van der Waals surface area contributed by atoms with Crippen LogP contribution in [-0.2, 0) is 0 Å². The van der Waals surface area contributed by atoms with Gasteiger partial charge in [0.25, 0.3) is 0 Å². The number of hydrogen-bond acceptors (Lipinski definition) is 3. The van der Waals surface area contributed by atoms with E-state index in [1.54, 1.807) is 6.20 Å². The highest BCUT2D eigenvalue weighted by molar-refractivity contribution is 5.53. The highest BCUT2D eigenvalue weighted by Gasteiger charge is 2.06. The van der Waals surface area contributed by atoms with Gasteiger partial charge < -0.3 is 5.32 Å². The molecule has 3 heteroatoms. The van der Waals surface area contributed by atoms with Crippen molar-refractivity contribution in [3.05, 3.63) is 24.0 Å². The summed E-state index contributed by atoms with van der Waals surface area (Å²) in [5, 5.41) is 12.3. The second-order valence-corrected chi connectivity index (χ2v) is 4.41. The molecule has 92 valence electrons. The number of pyridine rings is 1. The Labute approximate surface area is 104 Å². The third kappa shape index (κ3) is 4.86. The maximum absolute atomic E-state index is 8.92. The van der Waals surface area contributed by atoms with Gasteiger partial charge in [0.15, 0.2) is 5.69 Å². The lowest BCUT2D eigenvalue weighted by Crippen LogP contribution is -2.16. The van der Waals surface area contributed by atoms with E-state index in [0.29, 0.717) is 11.7 Å². The Kier molecular flexibility index (Phi) is 6.09. The zero-order chi connectivity index (χ0) is 12.5. The summed E-state index contributed by atoms with van der Waals surface area (Å²) in [6.07, 6.45) is 7.90. The van der Waals surface area contributed by atoms with Crippen LogP contribution in [0.1, 0.15) is 51.6 Å². The highest BCUT2D eigenvalue weighted by atomic mass is 14.9. The maximum Gasteiger partial charge on any atom is 0.163 e. The van der Waals surface area contributed by atoms with E-state index in [1.807, 2.05) is 12.1 Å². The quantitative estimate of drug-likeness (QED) is 0.727. The maximum atomic E-state index is 8.92. The molecule has 1 unspecified atom stereocenters. The summed E-state index contributed by atoms with van der Waals surface area (Å²) in [6, 6.07) is 6.26. The standard InChI is InChI=1S/C14H21N3/c1-3-4-5-6-8-12(2)17-13-9-7-10-16-14(13)11-15/h7,9-10,12,17H,3-6,8H2,1-2H3. The minimum Gasteiger partial charge on any atom is -0.380 e. The van der Waals surface area contributed by atoms with Crippen molar-refractivity contribution in [3.63, 3.8) is 0 Å². The van der Waals surface area contributed by atoms with Crippen molar-refractivity contribution >= 4 is 5.69 Å². The summed E-state index contributed by atoms with van der Waals surface area (Å²) in [7, 11) is 0. The van der Waals surface area contributed by atoms with Crippen molar-refractivity contribution in [2.45, 2.75) is 52.0 Å². The van der Waals surface area contributed by atoms with Gasteiger partial charge in [-0.05, 0) is 25.5 Å². The summed E-state index contributed by atoms with van der Waals surface area (Å²) in [5.41, 5.74) is 1.32. The first kappa shape index (κ1) is 13.5. The first-order chi connectivity index (χ1) is 8.27. The van der Waals surface area contributed by atoms with E-state index in [4.69, 9.17) is 5.26 Å². The fraction of sp³-hybridized carbons (Fsp3) is 0.571. The van der Waals surface area contributed by atoms with E-state index < -0.39 is 0 Å². The van der Waals surface area contributed by atoms with Gasteiger partial charge in [0, 0.05) is 12.2 Å². The molecule has 0 amide bonds. The first-order valence-corrected chi connectivity index (χ1v) is 6.39. The van der Waals surface area contributed by atoms with E-state index in [9.17, 15) is 0 Å². The Morgan fingerprint density at radius 1 is 1.41 bits per heavy atom. The van der Waals surface area contributed by atoms with Crippen LogP contribution in [-0.4, -0.2) is 11.0 Å². The van der Waals surface area contributed by atoms with E-state index in [2.05, 4.69) is 30.2 Å². The molecule has 0 radical (unpaired) electrons. The third-order valence-corrected chi connectivity index (χ3v) is 2.81. The molecular formula is C14H21N3. The second kappa shape index (κ2) is 7.67. The minimum atomic E-state index is 0.392.